The molecule has 1 aliphatic carbocycles. The van der Waals surface area contributed by atoms with Gasteiger partial charge in [-0.05, 0) is 43.0 Å². The number of carbonyl (C=O) groups is 1. The Labute approximate surface area is 146 Å². The van der Waals surface area contributed by atoms with Gasteiger partial charge < -0.3 is 15.2 Å². The molecular formula is C19H20ClNO3. The van der Waals surface area contributed by atoms with Crippen LogP contribution >= 0.6 is 11.6 Å². The number of halogens is 1. The summed E-state index contributed by atoms with van der Waals surface area (Å²) in [6, 6.07) is 14.0. The molecule has 126 valence electrons. The van der Waals surface area contributed by atoms with Gasteiger partial charge in [-0.2, -0.15) is 0 Å². The first-order valence-electron chi connectivity index (χ1n) is 8.10. The zero-order valence-electron chi connectivity index (χ0n) is 13.2. The van der Waals surface area contributed by atoms with E-state index in [0.29, 0.717) is 16.3 Å². The fourth-order valence-corrected chi connectivity index (χ4v) is 2.85. The van der Waals surface area contributed by atoms with Crippen LogP contribution in [0.5, 0.6) is 5.75 Å². The molecule has 0 spiro atoms. The fraction of sp³-hybridized carbons (Fsp3) is 0.316. The average Bonchev–Trinajstić information content (AvgIpc) is 2.56. The molecule has 1 amide bonds. The summed E-state index contributed by atoms with van der Waals surface area (Å²) in [6.07, 6.45) is 3.59. The third-order valence-electron chi connectivity index (χ3n) is 4.23. The van der Waals surface area contributed by atoms with Gasteiger partial charge >= 0.3 is 0 Å². The monoisotopic (exact) mass is 345 g/mol. The summed E-state index contributed by atoms with van der Waals surface area (Å²) in [5.74, 6) is 0.362. The molecule has 1 aliphatic rings. The van der Waals surface area contributed by atoms with Crippen molar-refractivity contribution in [1.29, 1.82) is 0 Å². The van der Waals surface area contributed by atoms with Gasteiger partial charge in [0.2, 0.25) is 0 Å². The van der Waals surface area contributed by atoms with Crippen LogP contribution in [0, 0.1) is 0 Å². The quantitative estimate of drug-likeness (QED) is 0.838. The summed E-state index contributed by atoms with van der Waals surface area (Å²) in [4.78, 5) is 12.5. The first kappa shape index (κ1) is 16.8. The van der Waals surface area contributed by atoms with Crippen molar-refractivity contribution in [3.05, 3.63) is 64.7 Å². The van der Waals surface area contributed by atoms with Crippen LogP contribution in [0.1, 0.15) is 41.2 Å². The summed E-state index contributed by atoms with van der Waals surface area (Å²) in [7, 11) is 0. The Kier molecular flexibility index (Phi) is 5.38. The van der Waals surface area contributed by atoms with Crippen molar-refractivity contribution in [3.63, 3.8) is 0 Å². The minimum Gasteiger partial charge on any atom is -0.490 e. The van der Waals surface area contributed by atoms with Gasteiger partial charge in [0.05, 0.1) is 29.3 Å². The number of carbonyl (C=O) groups excluding carboxylic acids is 1. The topological polar surface area (TPSA) is 58.6 Å². The van der Waals surface area contributed by atoms with Crippen molar-refractivity contribution >= 4 is 17.5 Å². The molecule has 5 heteroatoms. The smallest absolute Gasteiger partial charge is 0.253 e. The molecule has 0 radical (unpaired) electrons. The molecule has 2 aromatic carbocycles. The number of amides is 1. The molecule has 3 rings (SSSR count). The summed E-state index contributed by atoms with van der Waals surface area (Å²) in [5, 5.41) is 12.7. The van der Waals surface area contributed by atoms with E-state index in [-0.39, 0.29) is 18.6 Å². The number of ether oxygens (including phenoxy) is 1. The minimum absolute atomic E-state index is 0.184. The molecule has 0 saturated heterocycles. The van der Waals surface area contributed by atoms with E-state index in [4.69, 9.17) is 16.3 Å². The zero-order valence-corrected chi connectivity index (χ0v) is 14.0. The van der Waals surface area contributed by atoms with Crippen molar-refractivity contribution in [2.24, 2.45) is 0 Å². The molecular weight excluding hydrogens is 326 g/mol. The highest BCUT2D eigenvalue weighted by Gasteiger charge is 2.21. The van der Waals surface area contributed by atoms with Gasteiger partial charge in [0.1, 0.15) is 5.75 Å². The standard InChI is InChI=1S/C19H20ClNO3/c20-17-11-15(24-14-7-4-8-14)9-10-16(17)19(23)21-18(12-22)13-5-2-1-3-6-13/h1-3,5-6,9-11,14,18,22H,4,7-8,12H2,(H,21,23)/t18-/m1/s1. The number of rotatable bonds is 6. The predicted octanol–water partition coefficient (Wildman–Crippen LogP) is 3.73. The van der Waals surface area contributed by atoms with E-state index in [1.165, 1.54) is 6.42 Å². The van der Waals surface area contributed by atoms with E-state index in [1.54, 1.807) is 18.2 Å². The molecule has 0 aromatic heterocycles. The first-order chi connectivity index (χ1) is 11.7. The fourth-order valence-electron chi connectivity index (χ4n) is 2.59. The van der Waals surface area contributed by atoms with Crippen LogP contribution in [0.25, 0.3) is 0 Å². The van der Waals surface area contributed by atoms with Crippen LogP contribution in [-0.4, -0.2) is 23.7 Å². The molecule has 24 heavy (non-hydrogen) atoms. The Hall–Kier alpha value is -2.04. The number of nitrogens with one attached hydrogen (secondary N) is 1. The molecule has 0 unspecified atom stereocenters. The van der Waals surface area contributed by atoms with Crippen LogP contribution in [-0.2, 0) is 0 Å². The molecule has 1 fully saturated rings. The third-order valence-corrected chi connectivity index (χ3v) is 4.54. The zero-order chi connectivity index (χ0) is 16.9. The average molecular weight is 346 g/mol. The van der Waals surface area contributed by atoms with Gasteiger partial charge in [-0.25, -0.2) is 0 Å². The molecule has 1 atom stereocenters. The lowest BCUT2D eigenvalue weighted by molar-refractivity contribution is 0.0916. The molecule has 4 nitrogen and oxygen atoms in total. The minimum atomic E-state index is -0.472. The van der Waals surface area contributed by atoms with Crippen LogP contribution in [0.4, 0.5) is 0 Å². The summed E-state index contributed by atoms with van der Waals surface area (Å²) < 4.78 is 5.78. The third kappa shape index (κ3) is 3.89. The maximum Gasteiger partial charge on any atom is 0.253 e. The van der Waals surface area contributed by atoms with Crippen LogP contribution in [0.3, 0.4) is 0 Å². The normalized spacial score (nSPS) is 15.4. The highest BCUT2D eigenvalue weighted by molar-refractivity contribution is 6.34. The van der Waals surface area contributed by atoms with Crippen molar-refractivity contribution in [3.8, 4) is 5.75 Å². The molecule has 0 bridgehead atoms. The second kappa shape index (κ2) is 7.69. The Morgan fingerprint density at radius 1 is 1.25 bits per heavy atom. The number of hydrogen-bond acceptors (Lipinski definition) is 3. The van der Waals surface area contributed by atoms with E-state index in [9.17, 15) is 9.90 Å². The highest BCUT2D eigenvalue weighted by atomic mass is 35.5. The Morgan fingerprint density at radius 2 is 2.00 bits per heavy atom. The predicted molar refractivity (Wildman–Crippen MR) is 93.5 cm³/mol. The number of aliphatic hydroxyl groups is 1. The lowest BCUT2D eigenvalue weighted by Gasteiger charge is -2.26. The summed E-state index contributed by atoms with van der Waals surface area (Å²) >= 11 is 6.24. The first-order valence-corrected chi connectivity index (χ1v) is 8.48. The SMILES string of the molecule is O=C(N[C@H](CO)c1ccccc1)c1ccc(OC2CCC2)cc1Cl. The molecule has 1 saturated carbocycles. The van der Waals surface area contributed by atoms with Gasteiger partial charge in [0.15, 0.2) is 0 Å². The van der Waals surface area contributed by atoms with Crippen LogP contribution in [0.2, 0.25) is 5.02 Å². The molecule has 2 aromatic rings. The van der Waals surface area contributed by atoms with Crippen molar-refractivity contribution in [2.45, 2.75) is 31.4 Å². The van der Waals surface area contributed by atoms with Crippen molar-refractivity contribution in [1.82, 2.24) is 5.32 Å². The lowest BCUT2D eigenvalue weighted by Crippen LogP contribution is -2.31. The number of aliphatic hydroxyl groups excluding tert-OH is 1. The molecule has 0 aliphatic heterocycles. The van der Waals surface area contributed by atoms with Gasteiger partial charge in [-0.15, -0.1) is 0 Å². The van der Waals surface area contributed by atoms with E-state index in [1.807, 2.05) is 30.3 Å². The Morgan fingerprint density at radius 3 is 2.58 bits per heavy atom. The second-order valence-electron chi connectivity index (χ2n) is 5.93. The number of hydrogen-bond donors (Lipinski definition) is 2. The molecule has 2 N–H and O–H groups in total. The van der Waals surface area contributed by atoms with Crippen LogP contribution < -0.4 is 10.1 Å². The maximum atomic E-state index is 12.5. The van der Waals surface area contributed by atoms with Crippen molar-refractivity contribution < 1.29 is 14.6 Å². The molecule has 0 heterocycles. The van der Waals surface area contributed by atoms with Gasteiger partial charge in [-0.3, -0.25) is 4.79 Å². The van der Waals surface area contributed by atoms with Gasteiger partial charge in [-0.1, -0.05) is 41.9 Å². The highest BCUT2D eigenvalue weighted by Crippen LogP contribution is 2.28. The maximum absolute atomic E-state index is 12.5. The summed E-state index contributed by atoms with van der Waals surface area (Å²) in [5.41, 5.74) is 1.21. The van der Waals surface area contributed by atoms with E-state index in [0.717, 1.165) is 18.4 Å². The second-order valence-corrected chi connectivity index (χ2v) is 6.34. The van der Waals surface area contributed by atoms with Crippen LogP contribution in [0.15, 0.2) is 48.5 Å². The Bertz CT molecular complexity index is 701. The summed E-state index contributed by atoms with van der Waals surface area (Å²) in [6.45, 7) is -0.184. The number of benzene rings is 2. The van der Waals surface area contributed by atoms with Gasteiger partial charge in [0.25, 0.3) is 5.91 Å². The van der Waals surface area contributed by atoms with E-state index < -0.39 is 6.04 Å². The van der Waals surface area contributed by atoms with E-state index in [2.05, 4.69) is 5.32 Å². The van der Waals surface area contributed by atoms with E-state index >= 15 is 0 Å². The largest absolute Gasteiger partial charge is 0.490 e. The van der Waals surface area contributed by atoms with Gasteiger partial charge in [0, 0.05) is 0 Å². The Balaban J connectivity index is 1.69. The van der Waals surface area contributed by atoms with Crippen molar-refractivity contribution in [2.75, 3.05) is 6.61 Å². The lowest BCUT2D eigenvalue weighted by atomic mass is 9.96.